The molecule has 0 aliphatic carbocycles. The Kier molecular flexibility index (Phi) is 3.24. The van der Waals surface area contributed by atoms with E-state index in [2.05, 4.69) is 16.1 Å². The number of amides is 2. The van der Waals surface area contributed by atoms with Gasteiger partial charge in [-0.3, -0.25) is 15.4 Å². The van der Waals surface area contributed by atoms with Crippen LogP contribution < -0.4 is 21.9 Å². The first-order valence-corrected chi connectivity index (χ1v) is 5.34. The van der Waals surface area contributed by atoms with Gasteiger partial charge in [0, 0.05) is 13.0 Å². The van der Waals surface area contributed by atoms with Crippen LogP contribution in [-0.2, 0) is 4.79 Å². The molecule has 1 unspecified atom stereocenters. The third-order valence-electron chi connectivity index (χ3n) is 2.64. The molecule has 1 atom stereocenters. The lowest BCUT2D eigenvalue weighted by molar-refractivity contribution is -0.119. The van der Waals surface area contributed by atoms with E-state index in [1.807, 2.05) is 0 Å². The SMILES string of the molecule is NNc1ccccc1C(=O)NC1CNC(=O)C1. The van der Waals surface area contributed by atoms with Gasteiger partial charge in [-0.15, -0.1) is 0 Å². The van der Waals surface area contributed by atoms with Crippen LogP contribution in [0.2, 0.25) is 0 Å². The average Bonchev–Trinajstić information content (AvgIpc) is 2.74. The van der Waals surface area contributed by atoms with Gasteiger partial charge in [0.25, 0.3) is 5.91 Å². The summed E-state index contributed by atoms with van der Waals surface area (Å²) < 4.78 is 0. The fraction of sp³-hybridized carbons (Fsp3) is 0.273. The highest BCUT2D eigenvalue weighted by atomic mass is 16.2. The first-order valence-electron chi connectivity index (χ1n) is 5.34. The number of hydrogen-bond acceptors (Lipinski definition) is 4. The predicted octanol–water partition coefficient (Wildman–Crippen LogP) is -0.410. The fourth-order valence-electron chi connectivity index (χ4n) is 1.78. The molecule has 0 spiro atoms. The second-order valence-electron chi connectivity index (χ2n) is 3.87. The number of hydrazine groups is 1. The van der Waals surface area contributed by atoms with Gasteiger partial charge in [-0.25, -0.2) is 0 Å². The lowest BCUT2D eigenvalue weighted by Gasteiger charge is -2.12. The molecule has 6 heteroatoms. The first kappa shape index (κ1) is 11.4. The Morgan fingerprint density at radius 1 is 1.41 bits per heavy atom. The first-order chi connectivity index (χ1) is 8.20. The number of nitrogens with two attached hydrogens (primary N) is 1. The van der Waals surface area contributed by atoms with Crippen molar-refractivity contribution >= 4 is 17.5 Å². The standard InChI is InChI=1S/C11H14N4O2/c12-15-9-4-2-1-3-8(9)11(17)14-7-5-10(16)13-6-7/h1-4,7,15H,5-6,12H2,(H,13,16)(H,14,17). The highest BCUT2D eigenvalue weighted by Gasteiger charge is 2.23. The number of anilines is 1. The van der Waals surface area contributed by atoms with E-state index in [-0.39, 0.29) is 17.9 Å². The van der Waals surface area contributed by atoms with Crippen molar-refractivity contribution in [1.29, 1.82) is 0 Å². The zero-order chi connectivity index (χ0) is 12.3. The number of rotatable bonds is 3. The lowest BCUT2D eigenvalue weighted by Crippen LogP contribution is -2.36. The van der Waals surface area contributed by atoms with Gasteiger partial charge in [0.1, 0.15) is 0 Å². The maximum atomic E-state index is 11.9. The Labute approximate surface area is 98.5 Å². The molecule has 1 aromatic rings. The molecule has 17 heavy (non-hydrogen) atoms. The maximum absolute atomic E-state index is 11.9. The Morgan fingerprint density at radius 2 is 2.18 bits per heavy atom. The zero-order valence-electron chi connectivity index (χ0n) is 9.19. The molecular formula is C11H14N4O2. The van der Waals surface area contributed by atoms with Crippen LogP contribution in [0.15, 0.2) is 24.3 Å². The Hall–Kier alpha value is -2.08. The molecule has 90 valence electrons. The number of para-hydroxylation sites is 1. The van der Waals surface area contributed by atoms with Crippen molar-refractivity contribution in [3.8, 4) is 0 Å². The van der Waals surface area contributed by atoms with E-state index >= 15 is 0 Å². The van der Waals surface area contributed by atoms with Crippen molar-refractivity contribution in [2.24, 2.45) is 5.84 Å². The molecule has 0 bridgehead atoms. The fourth-order valence-corrected chi connectivity index (χ4v) is 1.78. The normalized spacial score (nSPS) is 18.6. The van der Waals surface area contributed by atoms with Gasteiger partial charge in [0.15, 0.2) is 0 Å². The maximum Gasteiger partial charge on any atom is 0.253 e. The zero-order valence-corrected chi connectivity index (χ0v) is 9.19. The van der Waals surface area contributed by atoms with E-state index in [0.717, 1.165) is 0 Å². The molecule has 0 radical (unpaired) electrons. The van der Waals surface area contributed by atoms with Crippen LogP contribution in [0, 0.1) is 0 Å². The van der Waals surface area contributed by atoms with Crippen LogP contribution in [0.4, 0.5) is 5.69 Å². The molecule has 1 fully saturated rings. The summed E-state index contributed by atoms with van der Waals surface area (Å²) in [6.07, 6.45) is 0.323. The van der Waals surface area contributed by atoms with Gasteiger partial charge in [-0.1, -0.05) is 12.1 Å². The van der Waals surface area contributed by atoms with Gasteiger partial charge < -0.3 is 16.1 Å². The average molecular weight is 234 g/mol. The molecule has 0 saturated carbocycles. The third-order valence-corrected chi connectivity index (χ3v) is 2.64. The minimum atomic E-state index is -0.236. The van der Waals surface area contributed by atoms with Gasteiger partial charge in [0.05, 0.1) is 17.3 Å². The van der Waals surface area contributed by atoms with E-state index in [1.54, 1.807) is 24.3 Å². The van der Waals surface area contributed by atoms with Gasteiger partial charge >= 0.3 is 0 Å². The van der Waals surface area contributed by atoms with Crippen molar-refractivity contribution in [2.45, 2.75) is 12.5 Å². The van der Waals surface area contributed by atoms with E-state index in [4.69, 9.17) is 5.84 Å². The van der Waals surface area contributed by atoms with Crippen molar-refractivity contribution in [1.82, 2.24) is 10.6 Å². The van der Waals surface area contributed by atoms with Crippen molar-refractivity contribution < 1.29 is 9.59 Å². The number of benzene rings is 1. The largest absolute Gasteiger partial charge is 0.354 e. The minimum absolute atomic E-state index is 0.0412. The van der Waals surface area contributed by atoms with E-state index < -0.39 is 0 Å². The van der Waals surface area contributed by atoms with Crippen molar-refractivity contribution in [3.05, 3.63) is 29.8 Å². The summed E-state index contributed by atoms with van der Waals surface area (Å²) in [4.78, 5) is 22.9. The van der Waals surface area contributed by atoms with Gasteiger partial charge in [-0.2, -0.15) is 0 Å². The monoisotopic (exact) mass is 234 g/mol. The number of carbonyl (C=O) groups excluding carboxylic acids is 2. The summed E-state index contributed by atoms with van der Waals surface area (Å²) in [7, 11) is 0. The molecule has 6 nitrogen and oxygen atoms in total. The van der Waals surface area contributed by atoms with Crippen LogP contribution >= 0.6 is 0 Å². The topological polar surface area (TPSA) is 96.2 Å². The second kappa shape index (κ2) is 4.84. The van der Waals surface area contributed by atoms with Gasteiger partial charge in [-0.05, 0) is 12.1 Å². The smallest absolute Gasteiger partial charge is 0.253 e. The van der Waals surface area contributed by atoms with Crippen LogP contribution in [0.3, 0.4) is 0 Å². The van der Waals surface area contributed by atoms with Crippen molar-refractivity contribution in [3.63, 3.8) is 0 Å². The van der Waals surface area contributed by atoms with E-state index in [9.17, 15) is 9.59 Å². The number of carbonyl (C=O) groups is 2. The summed E-state index contributed by atoms with van der Waals surface area (Å²) in [5, 5.41) is 5.44. The summed E-state index contributed by atoms with van der Waals surface area (Å²) in [5.74, 6) is 5.04. The molecular weight excluding hydrogens is 220 g/mol. The highest BCUT2D eigenvalue weighted by Crippen LogP contribution is 2.13. The summed E-state index contributed by atoms with van der Waals surface area (Å²) in [6, 6.07) is 6.78. The molecule has 1 aromatic carbocycles. The third kappa shape index (κ3) is 2.54. The quantitative estimate of drug-likeness (QED) is 0.422. The second-order valence-corrected chi connectivity index (χ2v) is 3.87. The molecule has 0 aromatic heterocycles. The molecule has 1 heterocycles. The molecule has 5 N–H and O–H groups in total. The molecule has 2 amide bonds. The van der Waals surface area contributed by atoms with Crippen LogP contribution in [0.5, 0.6) is 0 Å². The predicted molar refractivity (Wildman–Crippen MR) is 63.1 cm³/mol. The van der Waals surface area contributed by atoms with Gasteiger partial charge in [0.2, 0.25) is 5.91 Å². The van der Waals surface area contributed by atoms with Crippen molar-refractivity contribution in [2.75, 3.05) is 12.0 Å². The number of nitrogen functional groups attached to an aromatic ring is 1. The minimum Gasteiger partial charge on any atom is -0.354 e. The summed E-state index contributed by atoms with van der Waals surface area (Å²) in [5.41, 5.74) is 3.49. The van der Waals surface area contributed by atoms with E-state index in [1.165, 1.54) is 0 Å². The summed E-state index contributed by atoms with van der Waals surface area (Å²) >= 11 is 0. The number of nitrogens with one attached hydrogen (secondary N) is 3. The Morgan fingerprint density at radius 3 is 2.82 bits per heavy atom. The Bertz CT molecular complexity index is 447. The highest BCUT2D eigenvalue weighted by molar-refractivity contribution is 6.00. The molecule has 1 aliphatic rings. The number of hydrogen-bond donors (Lipinski definition) is 4. The lowest BCUT2D eigenvalue weighted by atomic mass is 10.1. The Balaban J connectivity index is 2.06. The van der Waals surface area contributed by atoms with Crippen LogP contribution in [0.1, 0.15) is 16.8 Å². The summed E-state index contributed by atoms with van der Waals surface area (Å²) in [6.45, 7) is 0.475. The molecule has 2 rings (SSSR count). The molecule has 1 saturated heterocycles. The van der Waals surface area contributed by atoms with Crippen LogP contribution in [0.25, 0.3) is 0 Å². The van der Waals surface area contributed by atoms with E-state index in [0.29, 0.717) is 24.2 Å². The molecule has 1 aliphatic heterocycles. The van der Waals surface area contributed by atoms with Crippen LogP contribution in [-0.4, -0.2) is 24.4 Å².